The number of carbonyl (C=O) groups excluding carboxylic acids is 1. The first kappa shape index (κ1) is 15.8. The summed E-state index contributed by atoms with van der Waals surface area (Å²) in [7, 11) is 0. The molecule has 1 aliphatic rings. The molecule has 0 bridgehead atoms. The third-order valence-corrected chi connectivity index (χ3v) is 4.90. The minimum absolute atomic E-state index is 0.0848. The maximum atomic E-state index is 12.6. The van der Waals surface area contributed by atoms with Gasteiger partial charge in [0.25, 0.3) is 0 Å². The van der Waals surface area contributed by atoms with Crippen LogP contribution in [0.15, 0.2) is 18.2 Å². The van der Waals surface area contributed by atoms with Crippen molar-refractivity contribution in [1.82, 2.24) is 4.90 Å². The number of carbonyl (C=O) groups is 1. The number of likely N-dealkylation sites (tertiary alicyclic amines) is 1. The van der Waals surface area contributed by atoms with E-state index < -0.39 is 0 Å². The average Bonchev–Trinajstić information content (AvgIpc) is 2.46. The molecule has 1 atom stereocenters. The molecule has 0 amide bonds. The number of Topliss-reactive ketones (excluding diaryl/α,β-unsaturated/α-hetero) is 1. The fourth-order valence-corrected chi connectivity index (χ4v) is 3.33. The van der Waals surface area contributed by atoms with Crippen molar-refractivity contribution in [2.45, 2.75) is 39.2 Å². The second-order valence-electron chi connectivity index (χ2n) is 5.55. The second-order valence-corrected chi connectivity index (χ2v) is 6.40. The van der Waals surface area contributed by atoms with Crippen molar-refractivity contribution < 1.29 is 4.79 Å². The highest BCUT2D eigenvalue weighted by Crippen LogP contribution is 2.26. The first-order valence-corrected chi connectivity index (χ1v) is 8.01. The normalized spacial score (nSPS) is 19.0. The van der Waals surface area contributed by atoms with Crippen LogP contribution in [0.2, 0.25) is 10.0 Å². The summed E-state index contributed by atoms with van der Waals surface area (Å²) in [6.45, 7) is 6.20. The molecule has 20 heavy (non-hydrogen) atoms. The Morgan fingerprint density at radius 1 is 1.35 bits per heavy atom. The molecule has 0 radical (unpaired) electrons. The predicted molar refractivity (Wildman–Crippen MR) is 84.8 cm³/mol. The van der Waals surface area contributed by atoms with E-state index in [9.17, 15) is 4.79 Å². The number of halogens is 2. The minimum Gasteiger partial charge on any atom is -0.293 e. The van der Waals surface area contributed by atoms with Crippen LogP contribution in [0.25, 0.3) is 0 Å². The number of piperidine rings is 1. The van der Waals surface area contributed by atoms with Crippen LogP contribution in [0.5, 0.6) is 0 Å². The zero-order valence-electron chi connectivity index (χ0n) is 12.0. The third kappa shape index (κ3) is 3.55. The van der Waals surface area contributed by atoms with Crippen molar-refractivity contribution in [3.05, 3.63) is 33.8 Å². The molecular weight excluding hydrogens is 293 g/mol. The van der Waals surface area contributed by atoms with Crippen molar-refractivity contribution in [2.24, 2.45) is 5.92 Å². The van der Waals surface area contributed by atoms with Crippen LogP contribution < -0.4 is 0 Å². The van der Waals surface area contributed by atoms with Gasteiger partial charge in [-0.2, -0.15) is 0 Å². The molecular formula is C16H21Cl2NO. The number of nitrogens with zero attached hydrogens (tertiary/aromatic N) is 1. The first-order valence-electron chi connectivity index (χ1n) is 7.26. The molecule has 1 heterocycles. The number of ketones is 1. The van der Waals surface area contributed by atoms with Crippen molar-refractivity contribution in [2.75, 3.05) is 13.1 Å². The Hall–Kier alpha value is -0.570. The van der Waals surface area contributed by atoms with Gasteiger partial charge in [-0.1, -0.05) is 36.5 Å². The van der Waals surface area contributed by atoms with Gasteiger partial charge < -0.3 is 0 Å². The highest BCUT2D eigenvalue weighted by Gasteiger charge is 2.27. The molecule has 0 aliphatic carbocycles. The summed E-state index contributed by atoms with van der Waals surface area (Å²) in [5.41, 5.74) is 0.571. The Balaban J connectivity index is 2.05. The Morgan fingerprint density at radius 2 is 2.00 bits per heavy atom. The molecule has 1 aliphatic heterocycles. The molecule has 2 rings (SSSR count). The van der Waals surface area contributed by atoms with E-state index in [0.717, 1.165) is 19.0 Å². The van der Waals surface area contributed by atoms with Gasteiger partial charge in [-0.3, -0.25) is 9.69 Å². The highest BCUT2D eigenvalue weighted by atomic mass is 35.5. The molecule has 110 valence electrons. The van der Waals surface area contributed by atoms with Gasteiger partial charge in [0.2, 0.25) is 0 Å². The van der Waals surface area contributed by atoms with E-state index in [-0.39, 0.29) is 11.8 Å². The van der Waals surface area contributed by atoms with Gasteiger partial charge in [0.05, 0.1) is 11.1 Å². The van der Waals surface area contributed by atoms with E-state index in [4.69, 9.17) is 23.2 Å². The Kier molecular flexibility index (Phi) is 5.48. The average molecular weight is 314 g/mol. The number of hydrogen-bond acceptors (Lipinski definition) is 2. The molecule has 0 N–H and O–H groups in total. The number of hydrogen-bond donors (Lipinski definition) is 0. The minimum atomic E-state index is -0.119. The first-order chi connectivity index (χ1) is 9.52. The summed E-state index contributed by atoms with van der Waals surface area (Å²) in [5.74, 6) is 0.897. The molecule has 1 aromatic rings. The quantitative estimate of drug-likeness (QED) is 0.752. The molecule has 1 unspecified atom stereocenters. The largest absolute Gasteiger partial charge is 0.293 e. The van der Waals surface area contributed by atoms with Crippen LogP contribution in [-0.4, -0.2) is 29.8 Å². The van der Waals surface area contributed by atoms with Gasteiger partial charge in [0.1, 0.15) is 0 Å². The van der Waals surface area contributed by atoms with Gasteiger partial charge in [0, 0.05) is 10.6 Å². The van der Waals surface area contributed by atoms with Gasteiger partial charge in [0.15, 0.2) is 5.78 Å². The maximum absolute atomic E-state index is 12.6. The lowest BCUT2D eigenvalue weighted by Gasteiger charge is -2.35. The van der Waals surface area contributed by atoms with Crippen molar-refractivity contribution in [3.63, 3.8) is 0 Å². The molecule has 2 nitrogen and oxygen atoms in total. The monoisotopic (exact) mass is 313 g/mol. The summed E-state index contributed by atoms with van der Waals surface area (Å²) >= 11 is 12.0. The fraction of sp³-hybridized carbons (Fsp3) is 0.562. The van der Waals surface area contributed by atoms with E-state index in [1.165, 1.54) is 19.3 Å². The SMILES string of the molecule is CCC1CCN(C(C)C(=O)c2ccc(Cl)cc2Cl)CC1. The molecule has 0 spiro atoms. The lowest BCUT2D eigenvalue weighted by molar-refractivity contribution is 0.0769. The van der Waals surface area contributed by atoms with Crippen LogP contribution in [0.4, 0.5) is 0 Å². The Labute approximate surface area is 131 Å². The van der Waals surface area contributed by atoms with Crippen LogP contribution in [-0.2, 0) is 0 Å². The molecule has 0 aromatic heterocycles. The van der Waals surface area contributed by atoms with E-state index in [0.29, 0.717) is 15.6 Å². The molecule has 0 saturated carbocycles. The lowest BCUT2D eigenvalue weighted by atomic mass is 9.92. The summed E-state index contributed by atoms with van der Waals surface area (Å²) < 4.78 is 0. The standard InChI is InChI=1S/C16H21Cl2NO/c1-3-12-6-8-19(9-7-12)11(2)16(20)14-5-4-13(17)10-15(14)18/h4-5,10-12H,3,6-9H2,1-2H3. The third-order valence-electron chi connectivity index (χ3n) is 4.35. The van der Waals surface area contributed by atoms with E-state index in [1.807, 2.05) is 6.92 Å². The number of rotatable bonds is 4. The zero-order chi connectivity index (χ0) is 14.7. The maximum Gasteiger partial charge on any atom is 0.181 e. The number of benzene rings is 1. The van der Waals surface area contributed by atoms with Crippen molar-refractivity contribution in [1.29, 1.82) is 0 Å². The van der Waals surface area contributed by atoms with Gasteiger partial charge in [-0.25, -0.2) is 0 Å². The summed E-state index contributed by atoms with van der Waals surface area (Å²) in [5, 5.41) is 1.00. The van der Waals surface area contributed by atoms with Gasteiger partial charge in [-0.05, 0) is 57.0 Å². The van der Waals surface area contributed by atoms with E-state index in [1.54, 1.807) is 18.2 Å². The fourth-order valence-electron chi connectivity index (χ4n) is 2.83. The molecule has 1 saturated heterocycles. The molecule has 1 fully saturated rings. The second kappa shape index (κ2) is 6.93. The van der Waals surface area contributed by atoms with E-state index in [2.05, 4.69) is 11.8 Å². The highest BCUT2D eigenvalue weighted by molar-refractivity contribution is 6.37. The topological polar surface area (TPSA) is 20.3 Å². The van der Waals surface area contributed by atoms with E-state index >= 15 is 0 Å². The summed E-state index contributed by atoms with van der Waals surface area (Å²) in [4.78, 5) is 14.8. The molecule has 4 heteroatoms. The Bertz CT molecular complexity index is 481. The van der Waals surface area contributed by atoms with Crippen molar-refractivity contribution in [3.8, 4) is 0 Å². The smallest absolute Gasteiger partial charge is 0.181 e. The van der Waals surface area contributed by atoms with Crippen LogP contribution in [0, 0.1) is 5.92 Å². The van der Waals surface area contributed by atoms with Crippen LogP contribution >= 0.6 is 23.2 Å². The lowest BCUT2D eigenvalue weighted by Crippen LogP contribution is -2.44. The van der Waals surface area contributed by atoms with Gasteiger partial charge >= 0.3 is 0 Å². The van der Waals surface area contributed by atoms with Crippen molar-refractivity contribution >= 4 is 29.0 Å². The summed E-state index contributed by atoms with van der Waals surface area (Å²) in [6, 6.07) is 4.96. The zero-order valence-corrected chi connectivity index (χ0v) is 13.5. The summed E-state index contributed by atoms with van der Waals surface area (Å²) in [6.07, 6.45) is 3.60. The van der Waals surface area contributed by atoms with Gasteiger partial charge in [-0.15, -0.1) is 0 Å². The predicted octanol–water partition coefficient (Wildman–Crippen LogP) is 4.69. The molecule has 1 aromatic carbocycles. The van der Waals surface area contributed by atoms with Crippen LogP contribution in [0.1, 0.15) is 43.5 Å². The Morgan fingerprint density at radius 3 is 2.55 bits per heavy atom. The van der Waals surface area contributed by atoms with Crippen LogP contribution in [0.3, 0.4) is 0 Å².